The van der Waals surface area contributed by atoms with Gasteiger partial charge in [0.15, 0.2) is 0 Å². The summed E-state index contributed by atoms with van der Waals surface area (Å²) in [5.41, 5.74) is 0. The maximum atomic E-state index is 10.9. The van der Waals surface area contributed by atoms with Crippen LogP contribution in [0.15, 0.2) is 0 Å². The van der Waals surface area contributed by atoms with E-state index in [0.29, 0.717) is 6.04 Å². The molecule has 0 unspecified atom stereocenters. The van der Waals surface area contributed by atoms with E-state index in [2.05, 4.69) is 31.1 Å². The second-order valence-electron chi connectivity index (χ2n) is 3.55. The molecule has 0 atom stereocenters. The van der Waals surface area contributed by atoms with Crippen molar-refractivity contribution < 1.29 is 8.42 Å². The molecule has 1 aliphatic rings. The number of hydrogen-bond donors (Lipinski definition) is 2. The van der Waals surface area contributed by atoms with Crippen LogP contribution in [0, 0.1) is 0 Å². The predicted molar refractivity (Wildman–Crippen MR) is 61.2 cm³/mol. The van der Waals surface area contributed by atoms with E-state index < -0.39 is 10.0 Å². The molecule has 0 bridgehead atoms. The fourth-order valence-corrected chi connectivity index (χ4v) is 3.09. The monoisotopic (exact) mass is 318 g/mol. The van der Waals surface area contributed by atoms with Crippen LogP contribution in [0.25, 0.3) is 0 Å². The maximum absolute atomic E-state index is 10.9. The zero-order valence-electron chi connectivity index (χ0n) is 7.59. The molecule has 2 N–H and O–H groups in total. The lowest BCUT2D eigenvalue weighted by molar-refractivity contribution is 0.366. The van der Waals surface area contributed by atoms with E-state index in [9.17, 15) is 8.42 Å². The SMILES string of the molecule is CS(=O)(=O)N[C@H]1CC[C@H](NI)CC1. The molecule has 0 amide bonds. The van der Waals surface area contributed by atoms with Gasteiger partial charge < -0.3 is 0 Å². The lowest BCUT2D eigenvalue weighted by atomic mass is 9.93. The summed E-state index contributed by atoms with van der Waals surface area (Å²) in [6, 6.07) is 0.703. The highest BCUT2D eigenvalue weighted by atomic mass is 127. The van der Waals surface area contributed by atoms with Crippen molar-refractivity contribution in [2.24, 2.45) is 0 Å². The molecule has 0 spiro atoms. The molecule has 0 radical (unpaired) electrons. The Bertz CT molecular complexity index is 247. The van der Waals surface area contributed by atoms with E-state index in [1.807, 2.05) is 0 Å². The van der Waals surface area contributed by atoms with E-state index in [1.54, 1.807) is 0 Å². The molecule has 1 saturated carbocycles. The zero-order chi connectivity index (χ0) is 9.90. The van der Waals surface area contributed by atoms with Crippen molar-refractivity contribution in [1.82, 2.24) is 8.25 Å². The standard InChI is InChI=1S/C7H15IN2O2S/c1-13(11,12)10-7-4-2-6(9-8)3-5-7/h6-7,9-10H,2-5H2,1H3/t6-,7-. The van der Waals surface area contributed by atoms with Gasteiger partial charge in [-0.05, 0) is 25.7 Å². The lowest BCUT2D eigenvalue weighted by Gasteiger charge is -2.27. The summed E-state index contributed by atoms with van der Waals surface area (Å²) in [4.78, 5) is 0. The number of rotatable bonds is 3. The van der Waals surface area contributed by atoms with Gasteiger partial charge in [0.2, 0.25) is 10.0 Å². The van der Waals surface area contributed by atoms with Crippen LogP contribution in [-0.4, -0.2) is 26.8 Å². The topological polar surface area (TPSA) is 58.2 Å². The summed E-state index contributed by atoms with van der Waals surface area (Å²) >= 11 is 2.15. The van der Waals surface area contributed by atoms with Crippen LogP contribution in [0.1, 0.15) is 25.7 Å². The van der Waals surface area contributed by atoms with Gasteiger partial charge in [-0.2, -0.15) is 0 Å². The van der Waals surface area contributed by atoms with Gasteiger partial charge in [0.1, 0.15) is 0 Å². The van der Waals surface area contributed by atoms with Gasteiger partial charge in [0, 0.05) is 34.9 Å². The highest BCUT2D eigenvalue weighted by Crippen LogP contribution is 2.19. The Morgan fingerprint density at radius 3 is 2.00 bits per heavy atom. The van der Waals surface area contributed by atoms with Crippen molar-refractivity contribution in [3.05, 3.63) is 0 Å². The Morgan fingerprint density at radius 2 is 1.62 bits per heavy atom. The van der Waals surface area contributed by atoms with Crippen LogP contribution in [0.2, 0.25) is 0 Å². The van der Waals surface area contributed by atoms with Gasteiger partial charge in [-0.3, -0.25) is 3.53 Å². The minimum Gasteiger partial charge on any atom is -0.258 e. The van der Waals surface area contributed by atoms with Crippen LogP contribution in [0.4, 0.5) is 0 Å². The van der Waals surface area contributed by atoms with Gasteiger partial charge in [0.05, 0.1) is 6.26 Å². The van der Waals surface area contributed by atoms with Crippen molar-refractivity contribution in [3.8, 4) is 0 Å². The third kappa shape index (κ3) is 4.57. The fraction of sp³-hybridized carbons (Fsp3) is 1.00. The third-order valence-electron chi connectivity index (χ3n) is 2.26. The highest BCUT2D eigenvalue weighted by molar-refractivity contribution is 14.1. The third-order valence-corrected chi connectivity index (χ3v) is 3.90. The minimum atomic E-state index is -3.02. The molecule has 0 saturated heterocycles. The van der Waals surface area contributed by atoms with E-state index in [0.717, 1.165) is 25.7 Å². The second kappa shape index (κ2) is 4.90. The van der Waals surface area contributed by atoms with Crippen LogP contribution in [0.3, 0.4) is 0 Å². The summed E-state index contributed by atoms with van der Waals surface area (Å²) in [5.74, 6) is 0. The Labute approximate surface area is 93.4 Å². The average molecular weight is 318 g/mol. The molecule has 13 heavy (non-hydrogen) atoms. The van der Waals surface area contributed by atoms with Gasteiger partial charge >= 0.3 is 0 Å². The molecular formula is C7H15IN2O2S. The summed E-state index contributed by atoms with van der Waals surface area (Å²) in [6.07, 6.45) is 5.20. The first-order chi connectivity index (χ1) is 6.01. The molecule has 1 rings (SSSR count). The first kappa shape index (κ1) is 11.7. The summed E-state index contributed by atoms with van der Waals surface area (Å²) in [5, 5.41) is 0. The number of halogens is 1. The Morgan fingerprint density at radius 1 is 1.15 bits per heavy atom. The number of hydrogen-bond acceptors (Lipinski definition) is 3. The Balaban J connectivity index is 2.33. The molecule has 1 fully saturated rings. The summed E-state index contributed by atoms with van der Waals surface area (Å²) < 4.78 is 27.7. The molecule has 4 nitrogen and oxygen atoms in total. The normalized spacial score (nSPS) is 30.3. The van der Waals surface area contributed by atoms with E-state index in [1.165, 1.54) is 6.26 Å². The first-order valence-electron chi connectivity index (χ1n) is 4.35. The molecule has 0 aromatic carbocycles. The molecular weight excluding hydrogens is 303 g/mol. The zero-order valence-corrected chi connectivity index (χ0v) is 10.6. The van der Waals surface area contributed by atoms with E-state index >= 15 is 0 Å². The summed E-state index contributed by atoms with van der Waals surface area (Å²) in [6.45, 7) is 0. The van der Waals surface area contributed by atoms with E-state index in [4.69, 9.17) is 0 Å². The molecule has 78 valence electrons. The minimum absolute atomic E-state index is 0.149. The lowest BCUT2D eigenvalue weighted by Crippen LogP contribution is -2.39. The largest absolute Gasteiger partial charge is 0.258 e. The Hall–Kier alpha value is 0.600. The van der Waals surface area contributed by atoms with E-state index in [-0.39, 0.29) is 6.04 Å². The summed E-state index contributed by atoms with van der Waals surface area (Å²) in [7, 11) is -3.02. The molecule has 0 aromatic heterocycles. The van der Waals surface area contributed by atoms with Crippen LogP contribution in [-0.2, 0) is 10.0 Å². The Kier molecular flexibility index (Phi) is 4.40. The molecule has 1 aliphatic carbocycles. The van der Waals surface area contributed by atoms with Gasteiger partial charge in [0.25, 0.3) is 0 Å². The smallest absolute Gasteiger partial charge is 0.208 e. The fourth-order valence-electron chi connectivity index (χ4n) is 1.62. The second-order valence-corrected chi connectivity index (χ2v) is 5.95. The van der Waals surface area contributed by atoms with Crippen molar-refractivity contribution >= 4 is 32.9 Å². The van der Waals surface area contributed by atoms with Crippen molar-refractivity contribution in [3.63, 3.8) is 0 Å². The van der Waals surface area contributed by atoms with Crippen LogP contribution in [0.5, 0.6) is 0 Å². The van der Waals surface area contributed by atoms with Gasteiger partial charge in [-0.25, -0.2) is 13.1 Å². The number of nitrogens with one attached hydrogen (secondary N) is 2. The highest BCUT2D eigenvalue weighted by Gasteiger charge is 2.22. The van der Waals surface area contributed by atoms with Crippen LogP contribution >= 0.6 is 22.9 Å². The molecule has 0 aliphatic heterocycles. The van der Waals surface area contributed by atoms with Crippen molar-refractivity contribution in [2.75, 3.05) is 6.26 Å². The van der Waals surface area contributed by atoms with Crippen molar-refractivity contribution in [1.29, 1.82) is 0 Å². The molecule has 0 aromatic rings. The molecule has 6 heteroatoms. The predicted octanol–water partition coefficient (Wildman–Crippen LogP) is 0.786. The maximum Gasteiger partial charge on any atom is 0.208 e. The molecule has 0 heterocycles. The quantitative estimate of drug-likeness (QED) is 0.597. The van der Waals surface area contributed by atoms with Crippen LogP contribution < -0.4 is 8.25 Å². The average Bonchev–Trinajstić information content (AvgIpc) is 2.03. The van der Waals surface area contributed by atoms with Gasteiger partial charge in [-0.1, -0.05) is 0 Å². The van der Waals surface area contributed by atoms with Gasteiger partial charge in [-0.15, -0.1) is 0 Å². The first-order valence-corrected chi connectivity index (χ1v) is 7.32. The number of sulfonamides is 1. The van der Waals surface area contributed by atoms with Crippen molar-refractivity contribution in [2.45, 2.75) is 37.8 Å².